The average Bonchev–Trinajstić information content (AvgIpc) is 3.38. The first-order valence-corrected chi connectivity index (χ1v) is 15.2. The SMILES string of the molecule is CC(C)(C)[C@H](NC(=O)C(CC1CCCC1)CN(O)C=O)C(=O)N1CCC(NS(=O)(=O)c2ccc(F)cc2F)CC1. The molecule has 40 heavy (non-hydrogen) atoms. The van der Waals surface area contributed by atoms with Gasteiger partial charge in [-0.15, -0.1) is 0 Å². The highest BCUT2D eigenvalue weighted by Crippen LogP contribution is 2.31. The van der Waals surface area contributed by atoms with Crippen molar-refractivity contribution in [3.05, 3.63) is 29.8 Å². The number of carbonyl (C=O) groups excluding carboxylic acids is 3. The van der Waals surface area contributed by atoms with Gasteiger partial charge in [0, 0.05) is 25.2 Å². The Kier molecular flexibility index (Phi) is 10.6. The number of piperidine rings is 1. The Balaban J connectivity index is 1.64. The van der Waals surface area contributed by atoms with E-state index in [9.17, 15) is 36.8 Å². The molecule has 0 aromatic heterocycles. The van der Waals surface area contributed by atoms with E-state index in [-0.39, 0.29) is 44.8 Å². The predicted octanol–water partition coefficient (Wildman–Crippen LogP) is 2.81. The Morgan fingerprint density at radius 1 is 1.15 bits per heavy atom. The first-order valence-electron chi connectivity index (χ1n) is 13.7. The van der Waals surface area contributed by atoms with Crippen LogP contribution in [0.15, 0.2) is 23.1 Å². The summed E-state index contributed by atoms with van der Waals surface area (Å²) in [5.74, 6) is -3.17. The molecule has 1 unspecified atom stereocenters. The van der Waals surface area contributed by atoms with E-state index in [4.69, 9.17) is 0 Å². The lowest BCUT2D eigenvalue weighted by molar-refractivity contribution is -0.156. The molecular weight excluding hydrogens is 546 g/mol. The van der Waals surface area contributed by atoms with Gasteiger partial charge in [-0.3, -0.25) is 19.6 Å². The van der Waals surface area contributed by atoms with Crippen molar-refractivity contribution >= 4 is 28.2 Å². The lowest BCUT2D eigenvalue weighted by Gasteiger charge is -2.39. The molecule has 0 bridgehead atoms. The Bertz CT molecular complexity index is 1160. The summed E-state index contributed by atoms with van der Waals surface area (Å²) in [6.45, 7) is 5.72. The fourth-order valence-electron chi connectivity index (χ4n) is 5.47. The highest BCUT2D eigenvalue weighted by molar-refractivity contribution is 7.89. The molecule has 3 N–H and O–H groups in total. The number of benzene rings is 1. The second-order valence-electron chi connectivity index (χ2n) is 11.9. The summed E-state index contributed by atoms with van der Waals surface area (Å²) in [6.07, 6.45) is 5.39. The minimum absolute atomic E-state index is 0.170. The van der Waals surface area contributed by atoms with Crippen molar-refractivity contribution in [3.8, 4) is 0 Å². The molecular formula is C27H40F2N4O6S. The fourth-order valence-corrected chi connectivity index (χ4v) is 6.83. The molecule has 10 nitrogen and oxygen atoms in total. The van der Waals surface area contributed by atoms with Crippen molar-refractivity contribution in [1.82, 2.24) is 20.0 Å². The molecule has 0 radical (unpaired) electrons. The molecule has 1 aromatic rings. The Morgan fingerprint density at radius 3 is 2.33 bits per heavy atom. The van der Waals surface area contributed by atoms with E-state index in [2.05, 4.69) is 10.0 Å². The molecule has 1 aliphatic heterocycles. The van der Waals surface area contributed by atoms with Gasteiger partial charge in [0.25, 0.3) is 0 Å². The second kappa shape index (κ2) is 13.3. The number of nitrogens with one attached hydrogen (secondary N) is 2. The van der Waals surface area contributed by atoms with Crippen molar-refractivity contribution < 1.29 is 36.8 Å². The van der Waals surface area contributed by atoms with Gasteiger partial charge < -0.3 is 10.2 Å². The average molecular weight is 587 g/mol. The van der Waals surface area contributed by atoms with E-state index in [1.807, 2.05) is 20.8 Å². The summed E-state index contributed by atoms with van der Waals surface area (Å²) in [6, 6.07) is 0.793. The zero-order chi connectivity index (χ0) is 29.7. The van der Waals surface area contributed by atoms with Crippen molar-refractivity contribution in [2.24, 2.45) is 17.3 Å². The van der Waals surface area contributed by atoms with Crippen LogP contribution in [0, 0.1) is 28.9 Å². The van der Waals surface area contributed by atoms with Gasteiger partial charge in [-0.1, -0.05) is 46.5 Å². The largest absolute Gasteiger partial charge is 0.344 e. The maximum atomic E-state index is 14.1. The van der Waals surface area contributed by atoms with Crippen LogP contribution in [-0.4, -0.2) is 73.5 Å². The monoisotopic (exact) mass is 586 g/mol. The fraction of sp³-hybridized carbons (Fsp3) is 0.667. The van der Waals surface area contributed by atoms with Crippen LogP contribution in [-0.2, 0) is 24.4 Å². The van der Waals surface area contributed by atoms with Gasteiger partial charge in [-0.25, -0.2) is 27.0 Å². The molecule has 1 heterocycles. The van der Waals surface area contributed by atoms with Crippen LogP contribution in [0.1, 0.15) is 65.7 Å². The number of hydrogen-bond donors (Lipinski definition) is 3. The second-order valence-corrected chi connectivity index (χ2v) is 13.6. The molecule has 0 spiro atoms. The number of hydroxylamine groups is 2. The summed E-state index contributed by atoms with van der Waals surface area (Å²) in [5.41, 5.74) is -0.660. The molecule has 3 rings (SSSR count). The smallest absolute Gasteiger partial charge is 0.245 e. The van der Waals surface area contributed by atoms with Gasteiger partial charge in [0.2, 0.25) is 28.2 Å². The Hall–Kier alpha value is -2.64. The molecule has 2 fully saturated rings. The van der Waals surface area contributed by atoms with E-state index in [0.717, 1.165) is 37.8 Å². The first kappa shape index (κ1) is 31.9. The third-order valence-electron chi connectivity index (χ3n) is 7.70. The zero-order valence-electron chi connectivity index (χ0n) is 23.2. The van der Waals surface area contributed by atoms with E-state index in [1.54, 1.807) is 4.90 Å². The third kappa shape index (κ3) is 8.43. The number of amides is 3. The summed E-state index contributed by atoms with van der Waals surface area (Å²) < 4.78 is 55.0. The minimum Gasteiger partial charge on any atom is -0.344 e. The summed E-state index contributed by atoms with van der Waals surface area (Å²) in [4.78, 5) is 38.9. The predicted molar refractivity (Wildman–Crippen MR) is 142 cm³/mol. The number of hydrogen-bond acceptors (Lipinski definition) is 6. The first-order chi connectivity index (χ1) is 18.7. The van der Waals surface area contributed by atoms with Crippen LogP contribution < -0.4 is 10.0 Å². The van der Waals surface area contributed by atoms with Gasteiger partial charge in [0.1, 0.15) is 22.6 Å². The van der Waals surface area contributed by atoms with Crippen LogP contribution in [0.3, 0.4) is 0 Å². The Morgan fingerprint density at radius 2 is 1.77 bits per heavy atom. The zero-order valence-corrected chi connectivity index (χ0v) is 24.1. The van der Waals surface area contributed by atoms with Gasteiger partial charge in [0.15, 0.2) is 0 Å². The van der Waals surface area contributed by atoms with Gasteiger partial charge in [-0.05, 0) is 42.7 Å². The van der Waals surface area contributed by atoms with Gasteiger partial charge in [0.05, 0.1) is 12.5 Å². The minimum atomic E-state index is -4.23. The van der Waals surface area contributed by atoms with Crippen molar-refractivity contribution in [2.45, 2.75) is 82.7 Å². The molecule has 1 aliphatic carbocycles. The molecule has 1 saturated carbocycles. The number of nitrogens with zero attached hydrogens (tertiary/aromatic N) is 2. The third-order valence-corrected chi connectivity index (χ3v) is 9.26. The molecule has 3 amide bonds. The lowest BCUT2D eigenvalue weighted by atomic mass is 9.84. The van der Waals surface area contributed by atoms with Crippen LogP contribution in [0.2, 0.25) is 0 Å². The van der Waals surface area contributed by atoms with E-state index in [0.29, 0.717) is 23.5 Å². The molecule has 1 aromatic carbocycles. The highest BCUT2D eigenvalue weighted by atomic mass is 32.2. The molecule has 2 atom stereocenters. The molecule has 13 heteroatoms. The van der Waals surface area contributed by atoms with Crippen molar-refractivity contribution in [1.29, 1.82) is 0 Å². The summed E-state index contributed by atoms with van der Waals surface area (Å²) in [7, 11) is -4.23. The number of likely N-dealkylation sites (tertiary alicyclic amines) is 1. The van der Waals surface area contributed by atoms with Crippen LogP contribution >= 0.6 is 0 Å². The molecule has 224 valence electrons. The summed E-state index contributed by atoms with van der Waals surface area (Å²) in [5, 5.41) is 13.1. The number of halogens is 2. The van der Waals surface area contributed by atoms with Crippen LogP contribution in [0.25, 0.3) is 0 Å². The van der Waals surface area contributed by atoms with Gasteiger partial charge >= 0.3 is 0 Å². The van der Waals surface area contributed by atoms with Gasteiger partial charge in [-0.2, -0.15) is 0 Å². The maximum absolute atomic E-state index is 14.1. The standard InChI is InChI=1S/C27H40F2N4O6S/c1-27(2,3)24(30-25(35)19(16-33(37)17-34)14-18-6-4-5-7-18)26(36)32-12-10-21(11-13-32)31-40(38,39)23-9-8-20(28)15-22(23)29/h8-9,15,17-19,21,24,31,37H,4-7,10-14,16H2,1-3H3,(H,30,35)/t19?,24-/m1/s1. The maximum Gasteiger partial charge on any atom is 0.245 e. The molecule has 1 saturated heterocycles. The highest BCUT2D eigenvalue weighted by Gasteiger charge is 2.39. The quantitative estimate of drug-likeness (QED) is 0.207. The van der Waals surface area contributed by atoms with E-state index < -0.39 is 55.9 Å². The Labute approximate surface area is 234 Å². The van der Waals surface area contributed by atoms with Crippen LogP contribution in [0.4, 0.5) is 8.78 Å². The number of sulfonamides is 1. The van der Waals surface area contributed by atoms with E-state index >= 15 is 0 Å². The number of rotatable bonds is 11. The normalized spacial score (nSPS) is 18.8. The summed E-state index contributed by atoms with van der Waals surface area (Å²) >= 11 is 0. The van der Waals surface area contributed by atoms with Crippen molar-refractivity contribution in [2.75, 3.05) is 19.6 Å². The molecule has 2 aliphatic rings. The van der Waals surface area contributed by atoms with E-state index in [1.165, 1.54) is 0 Å². The van der Waals surface area contributed by atoms with Crippen LogP contribution in [0.5, 0.6) is 0 Å². The van der Waals surface area contributed by atoms with Crippen molar-refractivity contribution in [3.63, 3.8) is 0 Å². The topological polar surface area (TPSA) is 136 Å². The lowest BCUT2D eigenvalue weighted by Crippen LogP contribution is -2.58. The number of carbonyl (C=O) groups is 3.